The van der Waals surface area contributed by atoms with E-state index in [0.29, 0.717) is 25.7 Å². The monoisotopic (exact) mass is 262 g/mol. The fourth-order valence-corrected chi connectivity index (χ4v) is 3.71. The second-order valence-electron chi connectivity index (χ2n) is 5.11. The van der Waals surface area contributed by atoms with E-state index in [1.807, 2.05) is 13.8 Å². The highest BCUT2D eigenvalue weighted by molar-refractivity contribution is 7.89. The molecular formula is C11H22N2O3S. The Kier molecular flexibility index (Phi) is 4.07. The van der Waals surface area contributed by atoms with Crippen molar-refractivity contribution in [3.63, 3.8) is 0 Å². The molecule has 1 saturated carbocycles. The summed E-state index contributed by atoms with van der Waals surface area (Å²) in [4.78, 5) is 0. The molecule has 100 valence electrons. The van der Waals surface area contributed by atoms with E-state index in [1.165, 1.54) is 12.8 Å². The van der Waals surface area contributed by atoms with Crippen molar-refractivity contribution in [3.8, 4) is 0 Å². The van der Waals surface area contributed by atoms with Gasteiger partial charge in [-0.1, -0.05) is 0 Å². The van der Waals surface area contributed by atoms with Gasteiger partial charge in [-0.3, -0.25) is 0 Å². The lowest BCUT2D eigenvalue weighted by atomic mass is 10.2. The standard InChI is InChI=1S/C11H22N2O3S/c1-9-8-16-10(2)7-13(9)17(14,15)6-5-12-11-3-4-11/h9-12H,3-8H2,1-2H3. The Hall–Kier alpha value is -0.170. The van der Waals surface area contributed by atoms with Crippen LogP contribution in [-0.2, 0) is 14.8 Å². The van der Waals surface area contributed by atoms with Crippen molar-refractivity contribution in [2.75, 3.05) is 25.4 Å². The lowest BCUT2D eigenvalue weighted by Crippen LogP contribution is -2.51. The van der Waals surface area contributed by atoms with E-state index in [9.17, 15) is 8.42 Å². The fraction of sp³-hybridized carbons (Fsp3) is 1.00. The smallest absolute Gasteiger partial charge is 0.215 e. The van der Waals surface area contributed by atoms with E-state index >= 15 is 0 Å². The molecule has 1 N–H and O–H groups in total. The van der Waals surface area contributed by atoms with Crippen molar-refractivity contribution in [3.05, 3.63) is 0 Å². The third kappa shape index (κ3) is 3.64. The van der Waals surface area contributed by atoms with Crippen LogP contribution < -0.4 is 5.32 Å². The molecule has 2 atom stereocenters. The molecule has 0 spiro atoms. The van der Waals surface area contributed by atoms with Crippen LogP contribution in [0, 0.1) is 0 Å². The number of ether oxygens (including phenoxy) is 1. The number of rotatable bonds is 5. The normalized spacial score (nSPS) is 31.6. The van der Waals surface area contributed by atoms with E-state index in [-0.39, 0.29) is 17.9 Å². The van der Waals surface area contributed by atoms with Crippen LogP contribution >= 0.6 is 0 Å². The summed E-state index contributed by atoms with van der Waals surface area (Å²) in [6.45, 7) is 5.35. The van der Waals surface area contributed by atoms with Crippen molar-refractivity contribution in [1.29, 1.82) is 0 Å². The summed E-state index contributed by atoms with van der Waals surface area (Å²) in [5, 5.41) is 3.24. The van der Waals surface area contributed by atoms with Gasteiger partial charge >= 0.3 is 0 Å². The van der Waals surface area contributed by atoms with Gasteiger partial charge in [0.05, 0.1) is 18.5 Å². The van der Waals surface area contributed by atoms with Crippen molar-refractivity contribution in [2.45, 2.75) is 44.9 Å². The molecule has 1 aliphatic heterocycles. The molecule has 2 fully saturated rings. The SMILES string of the molecule is CC1CN(S(=O)(=O)CCNC2CC2)C(C)CO1. The van der Waals surface area contributed by atoms with Gasteiger partial charge in [0.15, 0.2) is 0 Å². The minimum absolute atomic E-state index is 0.00244. The molecule has 1 heterocycles. The van der Waals surface area contributed by atoms with Crippen LogP contribution in [0.2, 0.25) is 0 Å². The third-order valence-corrected chi connectivity index (χ3v) is 5.22. The van der Waals surface area contributed by atoms with Crippen LogP contribution in [0.25, 0.3) is 0 Å². The molecule has 1 aliphatic carbocycles. The van der Waals surface area contributed by atoms with Crippen LogP contribution in [0.1, 0.15) is 26.7 Å². The van der Waals surface area contributed by atoms with Gasteiger partial charge in [-0.2, -0.15) is 4.31 Å². The van der Waals surface area contributed by atoms with E-state index in [0.717, 1.165) is 0 Å². The lowest BCUT2D eigenvalue weighted by molar-refractivity contribution is -0.0170. The first kappa shape index (κ1) is 13.3. The summed E-state index contributed by atoms with van der Waals surface area (Å²) in [7, 11) is -3.14. The molecule has 2 rings (SSSR count). The molecule has 2 aliphatic rings. The number of hydrogen-bond donors (Lipinski definition) is 1. The minimum Gasteiger partial charge on any atom is -0.375 e. The Bertz CT molecular complexity index is 354. The predicted molar refractivity (Wildman–Crippen MR) is 66.4 cm³/mol. The molecule has 2 unspecified atom stereocenters. The topological polar surface area (TPSA) is 58.6 Å². The second-order valence-corrected chi connectivity index (χ2v) is 7.15. The number of morpholine rings is 1. The average molecular weight is 262 g/mol. The van der Waals surface area contributed by atoms with E-state index < -0.39 is 10.0 Å². The zero-order valence-electron chi connectivity index (χ0n) is 10.6. The van der Waals surface area contributed by atoms with Crippen LogP contribution in [0.3, 0.4) is 0 Å². The summed E-state index contributed by atoms with van der Waals surface area (Å²) >= 11 is 0. The molecule has 0 bridgehead atoms. The summed E-state index contributed by atoms with van der Waals surface area (Å²) in [5.41, 5.74) is 0. The Morgan fingerprint density at radius 3 is 2.71 bits per heavy atom. The molecule has 17 heavy (non-hydrogen) atoms. The van der Waals surface area contributed by atoms with Crippen LogP contribution in [0.15, 0.2) is 0 Å². The fourth-order valence-electron chi connectivity index (χ4n) is 2.06. The number of nitrogens with one attached hydrogen (secondary N) is 1. The highest BCUT2D eigenvalue weighted by Gasteiger charge is 2.32. The maximum Gasteiger partial charge on any atom is 0.215 e. The summed E-state index contributed by atoms with van der Waals surface area (Å²) < 4.78 is 31.4. The zero-order chi connectivity index (χ0) is 12.5. The van der Waals surface area contributed by atoms with Gasteiger partial charge in [0.1, 0.15) is 0 Å². The van der Waals surface area contributed by atoms with E-state index in [1.54, 1.807) is 4.31 Å². The molecule has 0 aromatic rings. The van der Waals surface area contributed by atoms with Gasteiger partial charge in [-0.05, 0) is 26.7 Å². The van der Waals surface area contributed by atoms with Crippen molar-refractivity contribution in [1.82, 2.24) is 9.62 Å². The quantitative estimate of drug-likeness (QED) is 0.768. The molecule has 0 aromatic heterocycles. The summed E-state index contributed by atoms with van der Waals surface area (Å²) in [6.07, 6.45) is 2.37. The first-order valence-corrected chi connectivity index (χ1v) is 7.94. The second kappa shape index (κ2) is 5.22. The highest BCUT2D eigenvalue weighted by atomic mass is 32.2. The maximum absolute atomic E-state index is 12.2. The van der Waals surface area contributed by atoms with E-state index in [4.69, 9.17) is 4.74 Å². The van der Waals surface area contributed by atoms with Crippen LogP contribution in [-0.4, -0.2) is 56.4 Å². The molecular weight excluding hydrogens is 240 g/mol. The van der Waals surface area contributed by atoms with E-state index in [2.05, 4.69) is 5.32 Å². The first-order valence-electron chi connectivity index (χ1n) is 6.33. The van der Waals surface area contributed by atoms with Crippen molar-refractivity contribution < 1.29 is 13.2 Å². The van der Waals surface area contributed by atoms with Crippen molar-refractivity contribution in [2.24, 2.45) is 0 Å². The number of nitrogens with zero attached hydrogens (tertiary/aromatic N) is 1. The largest absolute Gasteiger partial charge is 0.375 e. The molecule has 0 radical (unpaired) electrons. The molecule has 1 saturated heterocycles. The number of hydrogen-bond acceptors (Lipinski definition) is 4. The Labute approximate surface area is 104 Å². The highest BCUT2D eigenvalue weighted by Crippen LogP contribution is 2.19. The summed E-state index contributed by atoms with van der Waals surface area (Å²) in [6, 6.07) is 0.517. The lowest BCUT2D eigenvalue weighted by Gasteiger charge is -2.35. The molecule has 5 nitrogen and oxygen atoms in total. The Morgan fingerprint density at radius 1 is 1.35 bits per heavy atom. The molecule has 0 amide bonds. The molecule has 0 aromatic carbocycles. The van der Waals surface area contributed by atoms with Crippen LogP contribution in [0.4, 0.5) is 0 Å². The van der Waals surface area contributed by atoms with Crippen molar-refractivity contribution >= 4 is 10.0 Å². The van der Waals surface area contributed by atoms with Gasteiger partial charge in [-0.25, -0.2) is 8.42 Å². The Morgan fingerprint density at radius 2 is 2.06 bits per heavy atom. The third-order valence-electron chi connectivity index (χ3n) is 3.28. The van der Waals surface area contributed by atoms with Gasteiger partial charge < -0.3 is 10.1 Å². The Balaban J connectivity index is 1.87. The maximum atomic E-state index is 12.2. The summed E-state index contributed by atoms with van der Waals surface area (Å²) in [5.74, 6) is 0.195. The van der Waals surface area contributed by atoms with Gasteiger partial charge in [0.25, 0.3) is 0 Å². The first-order chi connectivity index (χ1) is 7.99. The minimum atomic E-state index is -3.14. The predicted octanol–water partition coefficient (Wildman–Crippen LogP) is 0.177. The van der Waals surface area contributed by atoms with Crippen LogP contribution in [0.5, 0.6) is 0 Å². The average Bonchev–Trinajstić information content (AvgIpc) is 3.05. The zero-order valence-corrected chi connectivity index (χ0v) is 11.4. The molecule has 6 heteroatoms. The number of sulfonamides is 1. The van der Waals surface area contributed by atoms with Gasteiger partial charge in [0, 0.05) is 25.2 Å². The van der Waals surface area contributed by atoms with Gasteiger partial charge in [-0.15, -0.1) is 0 Å². The van der Waals surface area contributed by atoms with Gasteiger partial charge in [0.2, 0.25) is 10.0 Å².